The summed E-state index contributed by atoms with van der Waals surface area (Å²) in [5.74, 6) is -1.06. The van der Waals surface area contributed by atoms with Crippen LogP contribution in [0.25, 0.3) is 0 Å². The predicted molar refractivity (Wildman–Crippen MR) is 288 cm³/mol. The molecule has 0 saturated heterocycles. The minimum atomic E-state index is -0.832. The fourth-order valence-electron chi connectivity index (χ4n) is 6.88. The normalized spacial score (nSPS) is 13.1. The molecule has 0 saturated carbocycles. The fraction of sp³-hybridized carbons (Fsp3) is 0.623. The molecule has 0 bridgehead atoms. The highest BCUT2D eigenvalue weighted by Gasteiger charge is 2.19. The van der Waals surface area contributed by atoms with E-state index in [0.717, 1.165) is 96.3 Å². The van der Waals surface area contributed by atoms with Gasteiger partial charge < -0.3 is 14.2 Å². The lowest BCUT2D eigenvalue weighted by molar-refractivity contribution is -0.166. The summed E-state index contributed by atoms with van der Waals surface area (Å²) >= 11 is 0. The van der Waals surface area contributed by atoms with Crippen LogP contribution in [0.5, 0.6) is 0 Å². The van der Waals surface area contributed by atoms with Crippen molar-refractivity contribution >= 4 is 17.9 Å². The topological polar surface area (TPSA) is 78.9 Å². The molecule has 0 aromatic rings. The van der Waals surface area contributed by atoms with E-state index in [9.17, 15) is 14.4 Å². The lowest BCUT2D eigenvalue weighted by Gasteiger charge is -2.18. The first-order chi connectivity index (χ1) is 33.0. The Morgan fingerprint density at radius 3 is 1.07 bits per heavy atom. The minimum absolute atomic E-state index is 0.127. The molecule has 0 aromatic carbocycles. The van der Waals surface area contributed by atoms with Crippen LogP contribution in [0.15, 0.2) is 122 Å². The van der Waals surface area contributed by atoms with Gasteiger partial charge in [0.25, 0.3) is 0 Å². The molecular weight excluding hydrogens is 829 g/mol. The SMILES string of the molecule is CC/C=C\C/C=C\C/C=C\C/C=C\C/C=C\C/C=C\CCC(=O)OC[C@H](COC(=O)CCCC/C=C\C/C=C\C/C=C\CCCCC)OC(=O)CCCCCCC/C=C\CCCCCCCC. The molecule has 0 N–H and O–H groups in total. The Hall–Kier alpha value is -4.19. The van der Waals surface area contributed by atoms with E-state index in [1.54, 1.807) is 0 Å². The number of hydrogen-bond donors (Lipinski definition) is 0. The van der Waals surface area contributed by atoms with Gasteiger partial charge in [-0.05, 0) is 122 Å². The third-order valence-electron chi connectivity index (χ3n) is 10.9. The van der Waals surface area contributed by atoms with Crippen LogP contribution in [-0.4, -0.2) is 37.2 Å². The average molecular weight is 927 g/mol. The first-order valence-corrected chi connectivity index (χ1v) is 27.0. The van der Waals surface area contributed by atoms with Crippen molar-refractivity contribution in [1.82, 2.24) is 0 Å². The molecule has 0 rings (SSSR count). The van der Waals surface area contributed by atoms with Gasteiger partial charge in [0, 0.05) is 19.3 Å². The minimum Gasteiger partial charge on any atom is -0.462 e. The maximum absolute atomic E-state index is 12.8. The van der Waals surface area contributed by atoms with Gasteiger partial charge in [-0.1, -0.05) is 206 Å². The van der Waals surface area contributed by atoms with E-state index in [4.69, 9.17) is 14.2 Å². The molecule has 0 fully saturated rings. The third kappa shape index (κ3) is 52.6. The van der Waals surface area contributed by atoms with Crippen molar-refractivity contribution in [2.24, 2.45) is 0 Å². The average Bonchev–Trinajstić information content (AvgIpc) is 3.33. The second-order valence-corrected chi connectivity index (χ2v) is 17.4. The Kier molecular flexibility index (Phi) is 51.0. The van der Waals surface area contributed by atoms with Crippen LogP contribution in [0.4, 0.5) is 0 Å². The van der Waals surface area contributed by atoms with Crippen molar-refractivity contribution in [3.05, 3.63) is 122 Å². The molecule has 0 spiro atoms. The standard InChI is InChI=1S/C61H98O6/c1-4-7-10-13-16-19-22-25-28-29-30-31-34-36-39-42-45-48-51-54-60(63)66-57-58(67-61(64)55-52-49-46-43-40-37-33-27-24-21-18-15-12-9-6-3)56-65-59(62)53-50-47-44-41-38-35-32-26-23-20-17-14-11-8-5-2/h7,10,16-17,19-20,25-28,30-33,36,38-39,41,45,48,58H,4-6,8-9,11-15,18,21-24,29,34-35,37,40,42-44,46-47,49-57H2,1-3H3/b10-7-,19-16-,20-17-,28-25-,31-30-,32-26-,33-27-,39-36-,41-38-,48-45-/t58-/m0/s1. The van der Waals surface area contributed by atoms with Gasteiger partial charge >= 0.3 is 17.9 Å². The van der Waals surface area contributed by atoms with Crippen molar-refractivity contribution in [1.29, 1.82) is 0 Å². The van der Waals surface area contributed by atoms with Gasteiger partial charge in [0.15, 0.2) is 6.10 Å². The van der Waals surface area contributed by atoms with Crippen molar-refractivity contribution in [2.45, 2.75) is 232 Å². The molecule has 0 heterocycles. The van der Waals surface area contributed by atoms with Gasteiger partial charge in [0.2, 0.25) is 0 Å². The lowest BCUT2D eigenvalue weighted by atomic mass is 10.1. The summed E-state index contributed by atoms with van der Waals surface area (Å²) in [5, 5.41) is 0. The molecule has 378 valence electrons. The summed E-state index contributed by atoms with van der Waals surface area (Å²) in [7, 11) is 0. The van der Waals surface area contributed by atoms with Crippen LogP contribution in [0.1, 0.15) is 226 Å². The van der Waals surface area contributed by atoms with Crippen LogP contribution >= 0.6 is 0 Å². The molecule has 0 unspecified atom stereocenters. The summed E-state index contributed by atoms with van der Waals surface area (Å²) in [5.41, 5.74) is 0. The van der Waals surface area contributed by atoms with Gasteiger partial charge in [0.1, 0.15) is 13.2 Å². The molecular formula is C61H98O6. The van der Waals surface area contributed by atoms with E-state index >= 15 is 0 Å². The molecule has 6 heteroatoms. The second-order valence-electron chi connectivity index (χ2n) is 17.4. The highest BCUT2D eigenvalue weighted by molar-refractivity contribution is 5.71. The van der Waals surface area contributed by atoms with Crippen LogP contribution < -0.4 is 0 Å². The van der Waals surface area contributed by atoms with E-state index < -0.39 is 6.10 Å². The Balaban J connectivity index is 4.59. The monoisotopic (exact) mass is 927 g/mol. The van der Waals surface area contributed by atoms with Gasteiger partial charge in [0.05, 0.1) is 0 Å². The molecule has 1 atom stereocenters. The van der Waals surface area contributed by atoms with E-state index in [-0.39, 0.29) is 37.5 Å². The first-order valence-electron chi connectivity index (χ1n) is 27.0. The Bertz CT molecular complexity index is 1440. The van der Waals surface area contributed by atoms with Gasteiger partial charge in [-0.3, -0.25) is 14.4 Å². The number of esters is 3. The Labute approximate surface area is 412 Å². The molecule has 0 aliphatic rings. The third-order valence-corrected chi connectivity index (χ3v) is 10.9. The predicted octanol–water partition coefficient (Wildman–Crippen LogP) is 18.1. The van der Waals surface area contributed by atoms with E-state index in [1.807, 2.05) is 12.2 Å². The van der Waals surface area contributed by atoms with E-state index in [0.29, 0.717) is 25.7 Å². The molecule has 0 aliphatic heterocycles. The van der Waals surface area contributed by atoms with Crippen LogP contribution in [0.2, 0.25) is 0 Å². The Morgan fingerprint density at radius 1 is 0.313 bits per heavy atom. The molecule has 0 amide bonds. The molecule has 67 heavy (non-hydrogen) atoms. The molecule has 6 nitrogen and oxygen atoms in total. The molecule has 0 aromatic heterocycles. The van der Waals surface area contributed by atoms with E-state index in [2.05, 4.69) is 130 Å². The van der Waals surface area contributed by atoms with E-state index in [1.165, 1.54) is 77.0 Å². The van der Waals surface area contributed by atoms with Crippen molar-refractivity contribution < 1.29 is 28.6 Å². The van der Waals surface area contributed by atoms with Gasteiger partial charge in [-0.15, -0.1) is 0 Å². The zero-order valence-corrected chi connectivity index (χ0v) is 43.1. The summed E-state index contributed by atoms with van der Waals surface area (Å²) in [6.45, 7) is 6.37. The van der Waals surface area contributed by atoms with Gasteiger partial charge in [-0.25, -0.2) is 0 Å². The number of ether oxygens (including phenoxy) is 3. The van der Waals surface area contributed by atoms with Crippen molar-refractivity contribution in [2.75, 3.05) is 13.2 Å². The lowest BCUT2D eigenvalue weighted by Crippen LogP contribution is -2.30. The summed E-state index contributed by atoms with van der Waals surface area (Å²) in [4.78, 5) is 38.0. The fourth-order valence-corrected chi connectivity index (χ4v) is 6.88. The highest BCUT2D eigenvalue weighted by Crippen LogP contribution is 2.12. The summed E-state index contributed by atoms with van der Waals surface area (Å²) < 4.78 is 16.7. The number of unbranched alkanes of at least 4 members (excludes halogenated alkanes) is 16. The molecule has 0 radical (unpaired) electrons. The van der Waals surface area contributed by atoms with Crippen molar-refractivity contribution in [3.8, 4) is 0 Å². The van der Waals surface area contributed by atoms with Gasteiger partial charge in [-0.2, -0.15) is 0 Å². The molecule has 0 aliphatic carbocycles. The Morgan fingerprint density at radius 2 is 0.612 bits per heavy atom. The van der Waals surface area contributed by atoms with Crippen LogP contribution in [0, 0.1) is 0 Å². The quantitative estimate of drug-likeness (QED) is 0.0262. The second kappa shape index (κ2) is 54.4. The zero-order chi connectivity index (χ0) is 48.6. The summed E-state index contributed by atoms with van der Waals surface area (Å²) in [6, 6.07) is 0. The first kappa shape index (κ1) is 62.8. The number of rotatable bonds is 47. The van der Waals surface area contributed by atoms with Crippen LogP contribution in [-0.2, 0) is 28.6 Å². The van der Waals surface area contributed by atoms with Crippen molar-refractivity contribution in [3.63, 3.8) is 0 Å². The smallest absolute Gasteiger partial charge is 0.306 e. The number of carbonyl (C=O) groups is 3. The largest absolute Gasteiger partial charge is 0.462 e. The maximum atomic E-state index is 12.8. The summed E-state index contributed by atoms with van der Waals surface area (Å²) in [6.07, 6.45) is 74.8. The number of hydrogen-bond acceptors (Lipinski definition) is 6. The zero-order valence-electron chi connectivity index (χ0n) is 43.1. The highest BCUT2D eigenvalue weighted by atomic mass is 16.6. The van der Waals surface area contributed by atoms with Crippen LogP contribution in [0.3, 0.4) is 0 Å². The maximum Gasteiger partial charge on any atom is 0.306 e. The number of allylic oxidation sites excluding steroid dienone is 20. The number of carbonyl (C=O) groups excluding carboxylic acids is 3.